The molecule has 4 heteroatoms. The van der Waals surface area contributed by atoms with Gasteiger partial charge in [0, 0.05) is 18.2 Å². The van der Waals surface area contributed by atoms with E-state index in [2.05, 4.69) is 23.4 Å². The quantitative estimate of drug-likeness (QED) is 0.834. The predicted molar refractivity (Wildman–Crippen MR) is 65.8 cm³/mol. The molecule has 1 aliphatic heterocycles. The normalized spacial score (nSPS) is 17.2. The number of fused-ring (bicyclic) bond motifs is 1. The van der Waals surface area contributed by atoms with E-state index in [-0.39, 0.29) is 19.1 Å². The van der Waals surface area contributed by atoms with Gasteiger partial charge in [-0.05, 0) is 25.2 Å². The summed E-state index contributed by atoms with van der Waals surface area (Å²) >= 11 is 0. The summed E-state index contributed by atoms with van der Waals surface area (Å²) in [5.74, 6) is 1.40. The molecule has 0 saturated carbocycles. The minimum absolute atomic E-state index is 0.00553. The van der Waals surface area contributed by atoms with E-state index in [1.54, 1.807) is 0 Å². The van der Waals surface area contributed by atoms with Gasteiger partial charge in [-0.1, -0.05) is 13.8 Å². The largest absolute Gasteiger partial charge is 0.396 e. The van der Waals surface area contributed by atoms with Crippen LogP contribution in [0.15, 0.2) is 0 Å². The average molecular weight is 238 g/mol. The highest BCUT2D eigenvalue weighted by Crippen LogP contribution is 2.29. The van der Waals surface area contributed by atoms with E-state index in [0.29, 0.717) is 5.92 Å². The smallest absolute Gasteiger partial charge is 0.115 e. The van der Waals surface area contributed by atoms with Crippen molar-refractivity contribution in [3.8, 4) is 0 Å². The van der Waals surface area contributed by atoms with E-state index >= 15 is 0 Å². The summed E-state index contributed by atoms with van der Waals surface area (Å²) in [5.41, 5.74) is 1.98. The van der Waals surface area contributed by atoms with Gasteiger partial charge in [-0.2, -0.15) is 0 Å². The second kappa shape index (κ2) is 5.19. The monoisotopic (exact) mass is 238 g/mol. The zero-order valence-electron chi connectivity index (χ0n) is 10.7. The summed E-state index contributed by atoms with van der Waals surface area (Å²) in [6.07, 6.45) is 3.33. The van der Waals surface area contributed by atoms with Gasteiger partial charge in [0.05, 0.1) is 18.9 Å². The Morgan fingerprint density at radius 2 is 2.06 bits per heavy atom. The maximum Gasteiger partial charge on any atom is 0.115 e. The van der Waals surface area contributed by atoms with Crippen molar-refractivity contribution in [3.05, 3.63) is 17.2 Å². The molecule has 1 unspecified atom stereocenters. The Morgan fingerprint density at radius 1 is 1.29 bits per heavy atom. The Bertz CT molecular complexity index is 385. The highest BCUT2D eigenvalue weighted by Gasteiger charge is 2.26. The Kier molecular flexibility index (Phi) is 3.84. The molecule has 17 heavy (non-hydrogen) atoms. The van der Waals surface area contributed by atoms with Crippen molar-refractivity contribution >= 4 is 0 Å². The third-order valence-electron chi connectivity index (χ3n) is 3.71. The lowest BCUT2D eigenvalue weighted by atomic mass is 9.95. The molecule has 0 saturated heterocycles. The molecule has 1 aromatic rings. The standard InChI is InChI=1S/C13H22N2O2/c1-9(2)10(7-16)13-14-11(8-17)12-5-3-4-6-15(12)13/h9-10,16-17H,3-8H2,1-2H3. The first kappa shape index (κ1) is 12.6. The topological polar surface area (TPSA) is 58.3 Å². The lowest BCUT2D eigenvalue weighted by Crippen LogP contribution is -2.20. The highest BCUT2D eigenvalue weighted by molar-refractivity contribution is 5.21. The van der Waals surface area contributed by atoms with E-state index in [9.17, 15) is 10.2 Å². The van der Waals surface area contributed by atoms with Crippen molar-refractivity contribution in [2.45, 2.75) is 52.2 Å². The maximum atomic E-state index is 9.52. The molecule has 96 valence electrons. The Balaban J connectivity index is 2.42. The van der Waals surface area contributed by atoms with Crippen LogP contribution in [0.25, 0.3) is 0 Å². The van der Waals surface area contributed by atoms with E-state index in [1.165, 1.54) is 12.1 Å². The number of hydrogen-bond acceptors (Lipinski definition) is 3. The van der Waals surface area contributed by atoms with Crippen molar-refractivity contribution < 1.29 is 10.2 Å². The van der Waals surface area contributed by atoms with Crippen LogP contribution in [0.2, 0.25) is 0 Å². The lowest BCUT2D eigenvalue weighted by molar-refractivity contribution is 0.227. The fourth-order valence-electron chi connectivity index (χ4n) is 2.65. The zero-order valence-corrected chi connectivity index (χ0v) is 10.7. The molecule has 0 aromatic carbocycles. The second-order valence-electron chi connectivity index (χ2n) is 5.16. The number of aliphatic hydroxyl groups excluding tert-OH is 2. The van der Waals surface area contributed by atoms with Gasteiger partial charge in [0.15, 0.2) is 0 Å². The Labute approximate surface area is 102 Å². The summed E-state index contributed by atoms with van der Waals surface area (Å²) in [4.78, 5) is 4.56. The lowest BCUT2D eigenvalue weighted by Gasteiger charge is -2.22. The molecule has 1 aliphatic rings. The molecule has 0 bridgehead atoms. The van der Waals surface area contributed by atoms with Gasteiger partial charge < -0.3 is 14.8 Å². The molecule has 2 heterocycles. The molecular weight excluding hydrogens is 216 g/mol. The molecular formula is C13H22N2O2. The van der Waals surface area contributed by atoms with E-state index in [0.717, 1.165) is 30.9 Å². The molecule has 0 amide bonds. The van der Waals surface area contributed by atoms with E-state index < -0.39 is 0 Å². The van der Waals surface area contributed by atoms with Crippen LogP contribution in [0.3, 0.4) is 0 Å². The average Bonchev–Trinajstić information content (AvgIpc) is 2.69. The number of aromatic nitrogens is 2. The second-order valence-corrected chi connectivity index (χ2v) is 5.16. The van der Waals surface area contributed by atoms with Crippen molar-refractivity contribution in [1.82, 2.24) is 9.55 Å². The Morgan fingerprint density at radius 3 is 2.65 bits per heavy atom. The van der Waals surface area contributed by atoms with Gasteiger partial charge in [0.25, 0.3) is 0 Å². The molecule has 0 fully saturated rings. The minimum Gasteiger partial charge on any atom is -0.396 e. The SMILES string of the molecule is CC(C)C(CO)c1nc(CO)c2n1CCCC2. The number of hydrogen-bond donors (Lipinski definition) is 2. The van der Waals surface area contributed by atoms with Gasteiger partial charge in [0.2, 0.25) is 0 Å². The highest BCUT2D eigenvalue weighted by atomic mass is 16.3. The first-order chi connectivity index (χ1) is 8.19. The number of nitrogens with zero attached hydrogens (tertiary/aromatic N) is 2. The van der Waals surface area contributed by atoms with Crippen LogP contribution in [0.5, 0.6) is 0 Å². The van der Waals surface area contributed by atoms with Crippen molar-refractivity contribution in [2.75, 3.05) is 6.61 Å². The summed E-state index contributed by atoms with van der Waals surface area (Å²) in [7, 11) is 0. The third-order valence-corrected chi connectivity index (χ3v) is 3.71. The first-order valence-corrected chi connectivity index (χ1v) is 6.49. The van der Waals surface area contributed by atoms with Gasteiger partial charge in [-0.15, -0.1) is 0 Å². The summed E-state index contributed by atoms with van der Waals surface area (Å²) in [6.45, 7) is 5.30. The van der Waals surface area contributed by atoms with Crippen molar-refractivity contribution in [2.24, 2.45) is 5.92 Å². The van der Waals surface area contributed by atoms with Crippen molar-refractivity contribution in [1.29, 1.82) is 0 Å². The molecule has 1 aromatic heterocycles. The number of aliphatic hydroxyl groups is 2. The number of rotatable bonds is 4. The van der Waals surface area contributed by atoms with Crippen LogP contribution in [-0.2, 0) is 19.6 Å². The molecule has 2 N–H and O–H groups in total. The summed E-state index contributed by atoms with van der Waals surface area (Å²) in [5, 5.41) is 18.9. The van der Waals surface area contributed by atoms with Crippen LogP contribution in [0.1, 0.15) is 49.8 Å². The zero-order chi connectivity index (χ0) is 12.4. The van der Waals surface area contributed by atoms with Crippen LogP contribution in [-0.4, -0.2) is 26.4 Å². The fourth-order valence-corrected chi connectivity index (χ4v) is 2.65. The van der Waals surface area contributed by atoms with Crippen molar-refractivity contribution in [3.63, 3.8) is 0 Å². The van der Waals surface area contributed by atoms with Crippen LogP contribution >= 0.6 is 0 Å². The van der Waals surface area contributed by atoms with E-state index in [1.807, 2.05) is 0 Å². The number of imidazole rings is 1. The van der Waals surface area contributed by atoms with Gasteiger partial charge in [-0.3, -0.25) is 0 Å². The molecule has 2 rings (SSSR count). The van der Waals surface area contributed by atoms with Crippen LogP contribution < -0.4 is 0 Å². The fraction of sp³-hybridized carbons (Fsp3) is 0.769. The first-order valence-electron chi connectivity index (χ1n) is 6.49. The summed E-state index contributed by atoms with van der Waals surface area (Å²) < 4.78 is 2.22. The van der Waals surface area contributed by atoms with Gasteiger partial charge in [-0.25, -0.2) is 4.98 Å². The maximum absolute atomic E-state index is 9.52. The van der Waals surface area contributed by atoms with Crippen LogP contribution in [0, 0.1) is 5.92 Å². The molecule has 0 aliphatic carbocycles. The Hall–Kier alpha value is -0.870. The molecule has 0 radical (unpaired) electrons. The van der Waals surface area contributed by atoms with Crippen LogP contribution in [0.4, 0.5) is 0 Å². The molecule has 4 nitrogen and oxygen atoms in total. The predicted octanol–water partition coefficient (Wildman–Crippen LogP) is 1.44. The van der Waals surface area contributed by atoms with Gasteiger partial charge in [0.1, 0.15) is 5.82 Å². The molecule has 0 spiro atoms. The summed E-state index contributed by atoms with van der Waals surface area (Å²) in [6, 6.07) is 0. The molecule has 1 atom stereocenters. The van der Waals surface area contributed by atoms with Gasteiger partial charge >= 0.3 is 0 Å². The van der Waals surface area contributed by atoms with E-state index in [4.69, 9.17) is 0 Å². The third kappa shape index (κ3) is 2.24. The minimum atomic E-state index is 0.00553.